The van der Waals surface area contributed by atoms with Crippen LogP contribution < -0.4 is 0 Å². The summed E-state index contributed by atoms with van der Waals surface area (Å²) in [5.74, 6) is -0.241. The zero-order chi connectivity index (χ0) is 10.8. The SMILES string of the molecule is Cc1cc(F)ccc1-c1ncc(CO)s1. The van der Waals surface area contributed by atoms with Crippen LogP contribution in [0.5, 0.6) is 0 Å². The quantitative estimate of drug-likeness (QED) is 0.849. The number of halogens is 1. The van der Waals surface area contributed by atoms with Crippen LogP contribution in [0.2, 0.25) is 0 Å². The molecule has 0 unspecified atom stereocenters. The van der Waals surface area contributed by atoms with Crippen molar-refractivity contribution in [1.82, 2.24) is 4.98 Å². The fourth-order valence-electron chi connectivity index (χ4n) is 1.37. The fraction of sp³-hybridized carbons (Fsp3) is 0.182. The fourth-order valence-corrected chi connectivity index (χ4v) is 2.23. The molecule has 2 rings (SSSR count). The van der Waals surface area contributed by atoms with Crippen molar-refractivity contribution in [3.8, 4) is 10.6 Å². The van der Waals surface area contributed by atoms with Crippen molar-refractivity contribution in [1.29, 1.82) is 0 Å². The van der Waals surface area contributed by atoms with Crippen molar-refractivity contribution in [2.24, 2.45) is 0 Å². The molecule has 15 heavy (non-hydrogen) atoms. The van der Waals surface area contributed by atoms with Crippen LogP contribution in [0.25, 0.3) is 10.6 Å². The summed E-state index contributed by atoms with van der Waals surface area (Å²) in [5, 5.41) is 9.74. The molecule has 0 aliphatic carbocycles. The number of rotatable bonds is 2. The molecular formula is C11H10FNOS. The molecule has 0 saturated carbocycles. The van der Waals surface area contributed by atoms with Crippen LogP contribution in [-0.2, 0) is 6.61 Å². The van der Waals surface area contributed by atoms with Gasteiger partial charge in [-0.2, -0.15) is 0 Å². The number of aliphatic hydroxyl groups excluding tert-OH is 1. The Morgan fingerprint density at radius 2 is 2.27 bits per heavy atom. The van der Waals surface area contributed by atoms with Gasteiger partial charge < -0.3 is 5.11 Å². The lowest BCUT2D eigenvalue weighted by Crippen LogP contribution is -1.83. The Labute approximate surface area is 91.0 Å². The number of hydrogen-bond donors (Lipinski definition) is 1. The van der Waals surface area contributed by atoms with E-state index in [1.807, 2.05) is 6.92 Å². The highest BCUT2D eigenvalue weighted by molar-refractivity contribution is 7.15. The molecule has 1 heterocycles. The molecular weight excluding hydrogens is 213 g/mol. The van der Waals surface area contributed by atoms with E-state index in [2.05, 4.69) is 4.98 Å². The predicted octanol–water partition coefficient (Wildman–Crippen LogP) is 2.75. The Kier molecular flexibility index (Phi) is 2.79. The number of hydrogen-bond acceptors (Lipinski definition) is 3. The molecule has 2 nitrogen and oxygen atoms in total. The molecule has 1 aromatic carbocycles. The minimum absolute atomic E-state index is 0.00207. The molecule has 0 fully saturated rings. The van der Waals surface area contributed by atoms with E-state index in [0.717, 1.165) is 21.0 Å². The molecule has 0 spiro atoms. The summed E-state index contributed by atoms with van der Waals surface area (Å²) in [6, 6.07) is 4.61. The van der Waals surface area contributed by atoms with Crippen LogP contribution in [-0.4, -0.2) is 10.1 Å². The Balaban J connectivity index is 2.44. The summed E-state index contributed by atoms with van der Waals surface area (Å²) in [5.41, 5.74) is 1.77. The van der Waals surface area contributed by atoms with Gasteiger partial charge in [-0.3, -0.25) is 0 Å². The van der Waals surface area contributed by atoms with Gasteiger partial charge in [0.25, 0.3) is 0 Å². The highest BCUT2D eigenvalue weighted by atomic mass is 32.1. The third-order valence-electron chi connectivity index (χ3n) is 2.13. The lowest BCUT2D eigenvalue weighted by molar-refractivity contribution is 0.285. The molecule has 0 aliphatic rings. The molecule has 0 aliphatic heterocycles. The van der Waals surface area contributed by atoms with E-state index in [0.29, 0.717) is 0 Å². The van der Waals surface area contributed by atoms with Crippen molar-refractivity contribution in [2.45, 2.75) is 13.5 Å². The van der Waals surface area contributed by atoms with Crippen LogP contribution >= 0.6 is 11.3 Å². The molecule has 0 amide bonds. The molecule has 78 valence electrons. The van der Waals surface area contributed by atoms with Gasteiger partial charge in [-0.05, 0) is 30.7 Å². The monoisotopic (exact) mass is 223 g/mol. The Morgan fingerprint density at radius 1 is 1.47 bits per heavy atom. The second-order valence-corrected chi connectivity index (χ2v) is 4.36. The molecule has 0 bridgehead atoms. The van der Waals surface area contributed by atoms with Crippen molar-refractivity contribution >= 4 is 11.3 Å². The second kappa shape index (κ2) is 4.08. The van der Waals surface area contributed by atoms with Gasteiger partial charge in [-0.1, -0.05) is 0 Å². The Bertz CT molecular complexity index is 481. The maximum atomic E-state index is 12.9. The summed E-state index contributed by atoms with van der Waals surface area (Å²) in [4.78, 5) is 5.00. The summed E-state index contributed by atoms with van der Waals surface area (Å²) in [7, 11) is 0. The van der Waals surface area contributed by atoms with E-state index < -0.39 is 0 Å². The molecule has 4 heteroatoms. The standard InChI is InChI=1S/C11H10FNOS/c1-7-4-8(12)2-3-10(7)11-13-5-9(6-14)15-11/h2-5,14H,6H2,1H3. The highest BCUT2D eigenvalue weighted by Crippen LogP contribution is 2.28. The van der Waals surface area contributed by atoms with Gasteiger partial charge in [-0.15, -0.1) is 11.3 Å². The molecule has 1 aromatic heterocycles. The van der Waals surface area contributed by atoms with Crippen LogP contribution in [0, 0.1) is 12.7 Å². The Morgan fingerprint density at radius 3 is 2.87 bits per heavy atom. The number of aromatic nitrogens is 1. The van der Waals surface area contributed by atoms with Gasteiger partial charge in [0.05, 0.1) is 11.5 Å². The van der Waals surface area contributed by atoms with Gasteiger partial charge in [0.15, 0.2) is 0 Å². The maximum absolute atomic E-state index is 12.9. The van der Waals surface area contributed by atoms with Crippen molar-refractivity contribution in [3.63, 3.8) is 0 Å². The summed E-state index contributed by atoms with van der Waals surface area (Å²) in [6.07, 6.45) is 1.64. The Hall–Kier alpha value is -1.26. The molecule has 1 N–H and O–H groups in total. The third kappa shape index (κ3) is 2.06. The predicted molar refractivity (Wildman–Crippen MR) is 58.2 cm³/mol. The van der Waals surface area contributed by atoms with Gasteiger partial charge in [0.2, 0.25) is 0 Å². The first-order valence-corrected chi connectivity index (χ1v) is 5.34. The van der Waals surface area contributed by atoms with Gasteiger partial charge in [-0.25, -0.2) is 9.37 Å². The van der Waals surface area contributed by atoms with Crippen LogP contribution in [0.3, 0.4) is 0 Å². The van der Waals surface area contributed by atoms with Crippen LogP contribution in [0.1, 0.15) is 10.4 Å². The summed E-state index contributed by atoms with van der Waals surface area (Å²) in [6.45, 7) is 1.84. The van der Waals surface area contributed by atoms with E-state index in [9.17, 15) is 4.39 Å². The second-order valence-electron chi connectivity index (χ2n) is 3.25. The first kappa shape index (κ1) is 10.3. The van der Waals surface area contributed by atoms with Crippen molar-refractivity contribution in [2.75, 3.05) is 0 Å². The lowest BCUT2D eigenvalue weighted by atomic mass is 10.1. The topological polar surface area (TPSA) is 33.1 Å². The lowest BCUT2D eigenvalue weighted by Gasteiger charge is -2.01. The molecule has 2 aromatic rings. The first-order valence-electron chi connectivity index (χ1n) is 4.53. The summed E-state index contributed by atoms with van der Waals surface area (Å²) < 4.78 is 12.9. The minimum atomic E-state index is -0.241. The van der Waals surface area contributed by atoms with E-state index >= 15 is 0 Å². The van der Waals surface area contributed by atoms with Gasteiger partial charge >= 0.3 is 0 Å². The molecule has 0 saturated heterocycles. The largest absolute Gasteiger partial charge is 0.391 e. The van der Waals surface area contributed by atoms with Crippen LogP contribution in [0.4, 0.5) is 4.39 Å². The zero-order valence-corrected chi connectivity index (χ0v) is 9.01. The number of nitrogens with zero attached hydrogens (tertiary/aromatic N) is 1. The van der Waals surface area contributed by atoms with E-state index in [4.69, 9.17) is 5.11 Å². The molecule has 0 atom stereocenters. The average Bonchev–Trinajstić information content (AvgIpc) is 2.66. The highest BCUT2D eigenvalue weighted by Gasteiger charge is 2.07. The number of aliphatic hydroxyl groups is 1. The normalized spacial score (nSPS) is 10.6. The van der Waals surface area contributed by atoms with E-state index in [1.165, 1.54) is 23.5 Å². The smallest absolute Gasteiger partial charge is 0.123 e. The van der Waals surface area contributed by atoms with Crippen molar-refractivity contribution < 1.29 is 9.50 Å². The summed E-state index contributed by atoms with van der Waals surface area (Å²) >= 11 is 1.42. The van der Waals surface area contributed by atoms with E-state index in [-0.39, 0.29) is 12.4 Å². The number of aryl methyl sites for hydroxylation is 1. The number of benzene rings is 1. The van der Waals surface area contributed by atoms with Crippen LogP contribution in [0.15, 0.2) is 24.4 Å². The van der Waals surface area contributed by atoms with Crippen molar-refractivity contribution in [3.05, 3.63) is 40.7 Å². The minimum Gasteiger partial charge on any atom is -0.391 e. The third-order valence-corrected chi connectivity index (χ3v) is 3.14. The maximum Gasteiger partial charge on any atom is 0.123 e. The first-order chi connectivity index (χ1) is 7.20. The van der Waals surface area contributed by atoms with Gasteiger partial charge in [0.1, 0.15) is 10.8 Å². The zero-order valence-electron chi connectivity index (χ0n) is 8.20. The van der Waals surface area contributed by atoms with Gasteiger partial charge in [0, 0.05) is 11.8 Å². The van der Waals surface area contributed by atoms with E-state index in [1.54, 1.807) is 12.3 Å². The molecule has 0 radical (unpaired) electrons. The number of thiazole rings is 1. The average molecular weight is 223 g/mol.